The molecule has 1 aromatic heterocycles. The zero-order valence-corrected chi connectivity index (χ0v) is 20.4. The molecule has 1 amide bonds. The standard InChI is InChI=1S/C26H28N2O7/c1-27(2)10-11-28-22(16-13-19(32-3)25(34-5)20(14-16)33-4)21(24(30)26(28)31)23(29)18-12-15-8-6-7-9-17(15)35-18/h6-9,12-14,21-22H,10-11H2,1-5H3. The van der Waals surface area contributed by atoms with E-state index in [1.54, 1.807) is 30.3 Å². The molecule has 0 radical (unpaired) electrons. The quantitative estimate of drug-likeness (QED) is 0.262. The number of ether oxygens (including phenoxy) is 3. The monoisotopic (exact) mass is 480 g/mol. The number of hydrogen-bond acceptors (Lipinski definition) is 8. The second kappa shape index (κ2) is 9.79. The number of carbonyl (C=O) groups is 3. The van der Waals surface area contributed by atoms with Gasteiger partial charge in [0.2, 0.25) is 17.3 Å². The molecule has 184 valence electrons. The number of Topliss-reactive ketones (excluding diaryl/α,β-unsaturated/α-hetero) is 2. The SMILES string of the molecule is COc1cc(C2C(C(=O)c3cc4ccccc4o3)C(=O)C(=O)N2CCN(C)C)cc(OC)c1OC. The zero-order valence-electron chi connectivity index (χ0n) is 20.4. The summed E-state index contributed by atoms with van der Waals surface area (Å²) in [4.78, 5) is 43.4. The van der Waals surface area contributed by atoms with Crippen LogP contribution in [0.15, 0.2) is 46.9 Å². The van der Waals surface area contributed by atoms with Gasteiger partial charge in [0, 0.05) is 18.5 Å². The minimum atomic E-state index is -1.28. The summed E-state index contributed by atoms with van der Waals surface area (Å²) in [5.74, 6) is -2.20. The molecule has 1 fully saturated rings. The number of rotatable bonds is 9. The second-order valence-electron chi connectivity index (χ2n) is 8.56. The molecule has 1 aliphatic heterocycles. The molecule has 4 rings (SSSR count). The maximum absolute atomic E-state index is 13.7. The molecule has 2 atom stereocenters. The minimum absolute atomic E-state index is 0.0317. The summed E-state index contributed by atoms with van der Waals surface area (Å²) in [6.07, 6.45) is 0. The fourth-order valence-corrected chi connectivity index (χ4v) is 4.44. The number of furan rings is 1. The Bertz CT molecular complexity index is 1220. The van der Waals surface area contributed by atoms with Crippen LogP contribution in [0.5, 0.6) is 17.2 Å². The number of fused-ring (bicyclic) bond motifs is 1. The number of amides is 1. The highest BCUT2D eigenvalue weighted by Gasteiger charge is 2.52. The fourth-order valence-electron chi connectivity index (χ4n) is 4.44. The van der Waals surface area contributed by atoms with Crippen LogP contribution in [0, 0.1) is 5.92 Å². The molecule has 2 unspecified atom stereocenters. The molecule has 1 saturated heterocycles. The lowest BCUT2D eigenvalue weighted by atomic mass is 9.88. The van der Waals surface area contributed by atoms with Gasteiger partial charge in [0.25, 0.3) is 5.91 Å². The summed E-state index contributed by atoms with van der Waals surface area (Å²) in [5, 5.41) is 0.737. The van der Waals surface area contributed by atoms with Crippen LogP contribution in [0.2, 0.25) is 0 Å². The molecule has 35 heavy (non-hydrogen) atoms. The summed E-state index contributed by atoms with van der Waals surface area (Å²) < 4.78 is 22.1. The predicted molar refractivity (Wildman–Crippen MR) is 128 cm³/mol. The zero-order chi connectivity index (χ0) is 25.3. The third-order valence-corrected chi connectivity index (χ3v) is 6.17. The Morgan fingerprint density at radius 1 is 1.00 bits per heavy atom. The molecule has 2 heterocycles. The average molecular weight is 481 g/mol. The summed E-state index contributed by atoms with van der Waals surface area (Å²) in [6, 6.07) is 11.3. The number of carbonyl (C=O) groups excluding carboxylic acids is 3. The van der Waals surface area contributed by atoms with Crippen molar-refractivity contribution in [1.29, 1.82) is 0 Å². The van der Waals surface area contributed by atoms with Crippen molar-refractivity contribution in [3.8, 4) is 17.2 Å². The summed E-state index contributed by atoms with van der Waals surface area (Å²) in [7, 11) is 8.18. The number of benzene rings is 2. The van der Waals surface area contributed by atoms with Gasteiger partial charge in [-0.1, -0.05) is 18.2 Å². The number of ketones is 2. The van der Waals surface area contributed by atoms with Crippen LogP contribution in [0.1, 0.15) is 22.2 Å². The number of para-hydroxylation sites is 1. The van der Waals surface area contributed by atoms with Crippen molar-refractivity contribution in [3.63, 3.8) is 0 Å². The molecule has 0 aliphatic carbocycles. The van der Waals surface area contributed by atoms with Crippen molar-refractivity contribution < 1.29 is 33.0 Å². The number of hydrogen-bond donors (Lipinski definition) is 0. The Morgan fingerprint density at radius 2 is 1.66 bits per heavy atom. The Kier molecular flexibility index (Phi) is 6.79. The molecule has 9 heteroatoms. The highest BCUT2D eigenvalue weighted by molar-refractivity contribution is 6.43. The van der Waals surface area contributed by atoms with E-state index < -0.39 is 29.4 Å². The summed E-state index contributed by atoms with van der Waals surface area (Å²) in [6.45, 7) is 0.758. The van der Waals surface area contributed by atoms with Crippen molar-refractivity contribution in [3.05, 3.63) is 53.8 Å². The number of methoxy groups -OCH3 is 3. The lowest BCUT2D eigenvalue weighted by Gasteiger charge is -2.29. The number of likely N-dealkylation sites (N-methyl/N-ethyl adjacent to an activating group) is 1. The van der Waals surface area contributed by atoms with Gasteiger partial charge in [-0.05, 0) is 43.9 Å². The highest BCUT2D eigenvalue weighted by atomic mass is 16.5. The first-order chi connectivity index (χ1) is 16.8. The average Bonchev–Trinajstić information content (AvgIpc) is 3.40. The van der Waals surface area contributed by atoms with Crippen LogP contribution in [-0.2, 0) is 9.59 Å². The topological polar surface area (TPSA) is 98.5 Å². The van der Waals surface area contributed by atoms with Gasteiger partial charge >= 0.3 is 0 Å². The smallest absolute Gasteiger partial charge is 0.291 e. The van der Waals surface area contributed by atoms with E-state index in [4.69, 9.17) is 18.6 Å². The van der Waals surface area contributed by atoms with Crippen LogP contribution in [0.4, 0.5) is 0 Å². The Hall–Kier alpha value is -3.85. The van der Waals surface area contributed by atoms with Gasteiger partial charge < -0.3 is 28.4 Å². The van der Waals surface area contributed by atoms with Crippen LogP contribution >= 0.6 is 0 Å². The predicted octanol–water partition coefficient (Wildman–Crippen LogP) is 2.97. The van der Waals surface area contributed by atoms with Gasteiger partial charge in [0.15, 0.2) is 17.3 Å². The fraction of sp³-hybridized carbons (Fsp3) is 0.346. The van der Waals surface area contributed by atoms with E-state index in [2.05, 4.69) is 0 Å². The second-order valence-corrected chi connectivity index (χ2v) is 8.56. The maximum Gasteiger partial charge on any atom is 0.291 e. The summed E-state index contributed by atoms with van der Waals surface area (Å²) in [5.41, 5.74) is 1.05. The minimum Gasteiger partial charge on any atom is -0.493 e. The molecule has 0 N–H and O–H groups in total. The molecular formula is C26H28N2O7. The lowest BCUT2D eigenvalue weighted by Crippen LogP contribution is -2.36. The lowest BCUT2D eigenvalue weighted by molar-refractivity contribution is -0.140. The van der Waals surface area contributed by atoms with E-state index >= 15 is 0 Å². The van der Waals surface area contributed by atoms with Crippen molar-refractivity contribution >= 4 is 28.4 Å². The highest BCUT2D eigenvalue weighted by Crippen LogP contribution is 2.45. The van der Waals surface area contributed by atoms with E-state index in [1.165, 1.54) is 26.2 Å². The van der Waals surface area contributed by atoms with Gasteiger partial charge in [-0.3, -0.25) is 14.4 Å². The van der Waals surface area contributed by atoms with Crippen molar-refractivity contribution in [2.75, 3.05) is 48.5 Å². The van der Waals surface area contributed by atoms with Crippen molar-refractivity contribution in [2.45, 2.75) is 6.04 Å². The Morgan fingerprint density at radius 3 is 2.23 bits per heavy atom. The van der Waals surface area contributed by atoms with Crippen molar-refractivity contribution in [1.82, 2.24) is 9.80 Å². The normalized spacial score (nSPS) is 17.9. The van der Waals surface area contributed by atoms with Crippen LogP contribution < -0.4 is 14.2 Å². The first-order valence-corrected chi connectivity index (χ1v) is 11.1. The molecule has 2 aromatic carbocycles. The van der Waals surface area contributed by atoms with E-state index in [1.807, 2.05) is 31.1 Å². The maximum atomic E-state index is 13.7. The van der Waals surface area contributed by atoms with Crippen LogP contribution in [0.3, 0.4) is 0 Å². The molecule has 0 bridgehead atoms. The first kappa shape index (κ1) is 24.3. The number of likely N-dealkylation sites (tertiary alicyclic amines) is 1. The van der Waals surface area contributed by atoms with Gasteiger partial charge in [-0.2, -0.15) is 0 Å². The van der Waals surface area contributed by atoms with E-state index in [0.29, 0.717) is 34.9 Å². The summed E-state index contributed by atoms with van der Waals surface area (Å²) >= 11 is 0. The molecule has 9 nitrogen and oxygen atoms in total. The van der Waals surface area contributed by atoms with Crippen LogP contribution in [-0.4, -0.2) is 75.8 Å². The Labute approximate surface area is 203 Å². The van der Waals surface area contributed by atoms with Gasteiger partial charge in [0.1, 0.15) is 11.5 Å². The van der Waals surface area contributed by atoms with Gasteiger partial charge in [-0.15, -0.1) is 0 Å². The first-order valence-electron chi connectivity index (χ1n) is 11.1. The third-order valence-electron chi connectivity index (χ3n) is 6.17. The number of nitrogens with zero attached hydrogens (tertiary/aromatic N) is 2. The Balaban J connectivity index is 1.85. The van der Waals surface area contributed by atoms with Crippen LogP contribution in [0.25, 0.3) is 11.0 Å². The van der Waals surface area contributed by atoms with Gasteiger partial charge in [0.05, 0.1) is 27.4 Å². The molecular weight excluding hydrogens is 452 g/mol. The largest absolute Gasteiger partial charge is 0.493 e. The van der Waals surface area contributed by atoms with E-state index in [-0.39, 0.29) is 12.3 Å². The van der Waals surface area contributed by atoms with E-state index in [9.17, 15) is 14.4 Å². The molecule has 3 aromatic rings. The molecule has 0 saturated carbocycles. The van der Waals surface area contributed by atoms with Crippen molar-refractivity contribution in [2.24, 2.45) is 5.92 Å². The molecule has 0 spiro atoms. The van der Waals surface area contributed by atoms with Gasteiger partial charge in [-0.25, -0.2) is 0 Å². The molecule has 1 aliphatic rings. The van der Waals surface area contributed by atoms with E-state index in [0.717, 1.165) is 5.39 Å². The third kappa shape index (κ3) is 4.35.